The molecular formula is C19H21N4O3S-. The van der Waals surface area contributed by atoms with Gasteiger partial charge < -0.3 is 19.7 Å². The average molecular weight is 385 g/mol. The summed E-state index contributed by atoms with van der Waals surface area (Å²) in [6.07, 6.45) is 0. The molecule has 1 aromatic carbocycles. The summed E-state index contributed by atoms with van der Waals surface area (Å²) in [5.41, 5.74) is 1.92. The first-order valence-electron chi connectivity index (χ1n) is 8.71. The lowest BCUT2D eigenvalue weighted by atomic mass is 10.1. The standard InChI is InChI=1S/C19H22N4O3S/c1-13-10-17(23-8-6-22(7-9-23)14(2)24)21-19(20-13)27-12-15-4-3-5-16(11-15)18(25)26/h3-5,10-11H,6-9,12H2,1-2H3,(H,25,26)/p-1. The number of thioether (sulfide) groups is 1. The van der Waals surface area contributed by atoms with Crippen molar-refractivity contribution in [3.63, 3.8) is 0 Å². The Balaban J connectivity index is 1.68. The second-order valence-electron chi connectivity index (χ2n) is 6.42. The molecule has 0 atom stereocenters. The maximum Gasteiger partial charge on any atom is 0.219 e. The van der Waals surface area contributed by atoms with Gasteiger partial charge in [0.2, 0.25) is 5.91 Å². The van der Waals surface area contributed by atoms with Gasteiger partial charge in [0.15, 0.2) is 5.16 Å². The Hall–Kier alpha value is -2.61. The summed E-state index contributed by atoms with van der Waals surface area (Å²) in [5.74, 6) is 0.350. The molecule has 7 nitrogen and oxygen atoms in total. The third kappa shape index (κ3) is 4.97. The van der Waals surface area contributed by atoms with Crippen LogP contribution in [0.25, 0.3) is 0 Å². The van der Waals surface area contributed by atoms with Gasteiger partial charge in [-0.1, -0.05) is 30.0 Å². The summed E-state index contributed by atoms with van der Waals surface area (Å²) in [6.45, 7) is 6.39. The number of aryl methyl sites for hydroxylation is 1. The number of aromatic nitrogens is 2. The summed E-state index contributed by atoms with van der Waals surface area (Å²) in [4.78, 5) is 35.6. The number of piperazine rings is 1. The van der Waals surface area contributed by atoms with Crippen molar-refractivity contribution in [2.24, 2.45) is 0 Å². The van der Waals surface area contributed by atoms with E-state index >= 15 is 0 Å². The third-order valence-corrected chi connectivity index (χ3v) is 5.32. The fraction of sp³-hybridized carbons (Fsp3) is 0.368. The first-order valence-corrected chi connectivity index (χ1v) is 9.70. The lowest BCUT2D eigenvalue weighted by molar-refractivity contribution is -0.255. The predicted molar refractivity (Wildman–Crippen MR) is 102 cm³/mol. The number of hydrogen-bond donors (Lipinski definition) is 0. The normalized spacial score (nSPS) is 14.3. The van der Waals surface area contributed by atoms with Crippen molar-refractivity contribution in [1.82, 2.24) is 14.9 Å². The highest BCUT2D eigenvalue weighted by Crippen LogP contribution is 2.24. The molecule has 142 valence electrons. The molecule has 1 aliphatic heterocycles. The zero-order valence-electron chi connectivity index (χ0n) is 15.3. The molecule has 1 fully saturated rings. The fourth-order valence-electron chi connectivity index (χ4n) is 2.94. The van der Waals surface area contributed by atoms with Gasteiger partial charge in [0.1, 0.15) is 5.82 Å². The molecule has 0 saturated carbocycles. The molecule has 0 bridgehead atoms. The van der Waals surface area contributed by atoms with Gasteiger partial charge in [-0.05, 0) is 24.1 Å². The van der Waals surface area contributed by atoms with E-state index in [2.05, 4.69) is 14.9 Å². The molecule has 0 N–H and O–H groups in total. The quantitative estimate of drug-likeness (QED) is 0.562. The second-order valence-corrected chi connectivity index (χ2v) is 7.36. The summed E-state index contributed by atoms with van der Waals surface area (Å²) < 4.78 is 0. The maximum atomic E-state index is 11.5. The van der Waals surface area contributed by atoms with Crippen LogP contribution >= 0.6 is 11.8 Å². The third-order valence-electron chi connectivity index (χ3n) is 4.40. The zero-order valence-corrected chi connectivity index (χ0v) is 16.2. The van der Waals surface area contributed by atoms with Crippen LogP contribution in [0.4, 0.5) is 5.82 Å². The number of aromatic carboxylic acids is 1. The monoisotopic (exact) mass is 385 g/mol. The summed E-state index contributed by atoms with van der Waals surface area (Å²) in [6, 6.07) is 8.66. The van der Waals surface area contributed by atoms with Crippen molar-refractivity contribution in [1.29, 1.82) is 0 Å². The lowest BCUT2D eigenvalue weighted by Crippen LogP contribution is -2.48. The van der Waals surface area contributed by atoms with E-state index in [0.717, 1.165) is 30.2 Å². The summed E-state index contributed by atoms with van der Waals surface area (Å²) in [5, 5.41) is 11.6. The fourth-order valence-corrected chi connectivity index (χ4v) is 3.78. The molecule has 1 amide bonds. The van der Waals surface area contributed by atoms with Crippen molar-refractivity contribution < 1.29 is 14.7 Å². The van der Waals surface area contributed by atoms with Gasteiger partial charge in [-0.2, -0.15) is 0 Å². The molecule has 27 heavy (non-hydrogen) atoms. The molecule has 1 aliphatic rings. The van der Waals surface area contributed by atoms with Crippen molar-refractivity contribution in [2.75, 3.05) is 31.1 Å². The van der Waals surface area contributed by atoms with Crippen LogP contribution in [0.3, 0.4) is 0 Å². The van der Waals surface area contributed by atoms with E-state index in [-0.39, 0.29) is 11.5 Å². The van der Waals surface area contributed by atoms with Crippen LogP contribution < -0.4 is 10.0 Å². The SMILES string of the molecule is CC(=O)N1CCN(c2cc(C)nc(SCc3cccc(C(=O)[O-])c3)n2)CC1. The van der Waals surface area contributed by atoms with Gasteiger partial charge in [-0.15, -0.1) is 0 Å². The minimum Gasteiger partial charge on any atom is -0.545 e. The largest absolute Gasteiger partial charge is 0.545 e. The Labute approximate surface area is 162 Å². The number of hydrogen-bond acceptors (Lipinski definition) is 7. The van der Waals surface area contributed by atoms with Crippen LogP contribution in [-0.2, 0) is 10.5 Å². The predicted octanol–water partition coefficient (Wildman–Crippen LogP) is 1.11. The molecule has 3 rings (SSSR count). The number of anilines is 1. The molecule has 2 aromatic rings. The topological polar surface area (TPSA) is 89.5 Å². The molecule has 0 unspecified atom stereocenters. The first kappa shape index (κ1) is 19.2. The zero-order chi connectivity index (χ0) is 19.4. The first-order chi connectivity index (χ1) is 12.9. The molecular weight excluding hydrogens is 364 g/mol. The Bertz CT molecular complexity index is 851. The Morgan fingerprint density at radius 1 is 1.15 bits per heavy atom. The van der Waals surface area contributed by atoms with E-state index in [4.69, 9.17) is 0 Å². The number of amides is 1. The molecule has 2 heterocycles. The molecule has 0 spiro atoms. The molecule has 1 aromatic heterocycles. The van der Waals surface area contributed by atoms with Gasteiger partial charge in [0.05, 0.1) is 5.97 Å². The Kier molecular flexibility index (Phi) is 5.95. The van der Waals surface area contributed by atoms with Gasteiger partial charge in [0, 0.05) is 50.6 Å². The van der Waals surface area contributed by atoms with Crippen LogP contribution in [0.1, 0.15) is 28.5 Å². The maximum absolute atomic E-state index is 11.5. The van der Waals surface area contributed by atoms with Crippen molar-refractivity contribution in [3.05, 3.63) is 47.2 Å². The Morgan fingerprint density at radius 2 is 1.89 bits per heavy atom. The van der Waals surface area contributed by atoms with Gasteiger partial charge in [-0.25, -0.2) is 9.97 Å². The van der Waals surface area contributed by atoms with E-state index in [1.807, 2.05) is 24.0 Å². The van der Waals surface area contributed by atoms with Crippen LogP contribution in [-0.4, -0.2) is 52.9 Å². The summed E-state index contributed by atoms with van der Waals surface area (Å²) >= 11 is 1.46. The van der Waals surface area contributed by atoms with Crippen LogP contribution in [0.2, 0.25) is 0 Å². The minimum absolute atomic E-state index is 0.101. The number of rotatable bonds is 5. The highest BCUT2D eigenvalue weighted by atomic mass is 32.2. The van der Waals surface area contributed by atoms with E-state index in [1.165, 1.54) is 17.8 Å². The summed E-state index contributed by atoms with van der Waals surface area (Å²) in [7, 11) is 0. The molecule has 1 saturated heterocycles. The average Bonchev–Trinajstić information content (AvgIpc) is 2.66. The van der Waals surface area contributed by atoms with E-state index in [0.29, 0.717) is 24.0 Å². The van der Waals surface area contributed by atoms with Crippen LogP contribution in [0.15, 0.2) is 35.5 Å². The molecule has 8 heteroatoms. The van der Waals surface area contributed by atoms with Crippen LogP contribution in [0.5, 0.6) is 0 Å². The smallest absolute Gasteiger partial charge is 0.219 e. The van der Waals surface area contributed by atoms with Gasteiger partial charge in [-0.3, -0.25) is 4.79 Å². The highest BCUT2D eigenvalue weighted by Gasteiger charge is 2.20. The number of carbonyl (C=O) groups is 2. The molecule has 0 radical (unpaired) electrons. The number of carboxylic acid groups (broad SMARTS) is 1. The number of nitrogens with zero attached hydrogens (tertiary/aromatic N) is 4. The Morgan fingerprint density at radius 3 is 2.56 bits per heavy atom. The van der Waals surface area contributed by atoms with Crippen molar-refractivity contribution >= 4 is 29.5 Å². The minimum atomic E-state index is -1.18. The highest BCUT2D eigenvalue weighted by molar-refractivity contribution is 7.98. The van der Waals surface area contributed by atoms with E-state index in [1.54, 1.807) is 19.1 Å². The van der Waals surface area contributed by atoms with Gasteiger partial charge >= 0.3 is 0 Å². The number of carboxylic acids is 1. The van der Waals surface area contributed by atoms with Crippen molar-refractivity contribution in [3.8, 4) is 0 Å². The van der Waals surface area contributed by atoms with E-state index < -0.39 is 5.97 Å². The number of carbonyl (C=O) groups excluding carboxylic acids is 2. The number of benzene rings is 1. The molecule has 0 aliphatic carbocycles. The second kappa shape index (κ2) is 8.39. The van der Waals surface area contributed by atoms with Crippen molar-refractivity contribution in [2.45, 2.75) is 24.8 Å². The lowest BCUT2D eigenvalue weighted by Gasteiger charge is -2.35. The van der Waals surface area contributed by atoms with E-state index in [9.17, 15) is 14.7 Å². The van der Waals surface area contributed by atoms with Crippen LogP contribution in [0, 0.1) is 6.92 Å². The van der Waals surface area contributed by atoms with Gasteiger partial charge in [0.25, 0.3) is 0 Å².